The van der Waals surface area contributed by atoms with Gasteiger partial charge in [0.15, 0.2) is 23.8 Å². The highest BCUT2D eigenvalue weighted by Crippen LogP contribution is 2.82. The van der Waals surface area contributed by atoms with Crippen LogP contribution in [0.3, 0.4) is 0 Å². The van der Waals surface area contributed by atoms with E-state index < -0.39 is 92.9 Å². The fourth-order valence-electron chi connectivity index (χ4n) is 13.6. The fourth-order valence-corrected chi connectivity index (χ4v) is 13.6. The van der Waals surface area contributed by atoms with Crippen LogP contribution in [0.4, 0.5) is 0 Å². The van der Waals surface area contributed by atoms with E-state index in [0.717, 1.165) is 11.1 Å². The summed E-state index contributed by atoms with van der Waals surface area (Å²) < 4.78 is 37.8. The summed E-state index contributed by atoms with van der Waals surface area (Å²) in [4.78, 5) is 82.0. The van der Waals surface area contributed by atoms with Crippen molar-refractivity contribution in [3.63, 3.8) is 0 Å². The molecule has 0 radical (unpaired) electrons. The molecule has 5 aliphatic carbocycles. The van der Waals surface area contributed by atoms with Crippen LogP contribution < -0.4 is 0 Å². The summed E-state index contributed by atoms with van der Waals surface area (Å²) in [5.74, 6) is -4.00. The number of hydrogen-bond donors (Lipinski definition) is 0. The fraction of sp³-hybridized carbons (Fsp3) is 0.636. The number of Topliss-reactive ketones (excluding diaryl/α,β-unsaturated/α-hetero) is 1. The first-order chi connectivity index (χ1) is 26.1. The van der Waals surface area contributed by atoms with Gasteiger partial charge in [0.05, 0.1) is 18.1 Å². The topological polar surface area (TPSA) is 158 Å². The van der Waals surface area contributed by atoms with Gasteiger partial charge in [-0.2, -0.15) is 0 Å². The van der Waals surface area contributed by atoms with E-state index >= 15 is 0 Å². The molecule has 13 atom stereocenters. The van der Waals surface area contributed by atoms with Gasteiger partial charge in [0.2, 0.25) is 0 Å². The van der Waals surface area contributed by atoms with Crippen LogP contribution in [-0.4, -0.2) is 72.8 Å². The molecule has 2 bridgehead atoms. The number of hydrogen-bond acceptors (Lipinski definition) is 12. The number of esters is 5. The van der Waals surface area contributed by atoms with E-state index in [-0.39, 0.29) is 36.0 Å². The first-order valence-electron chi connectivity index (χ1n) is 19.6. The molecule has 1 aromatic rings. The van der Waals surface area contributed by atoms with Crippen molar-refractivity contribution in [1.82, 2.24) is 0 Å². The quantitative estimate of drug-likeness (QED) is 0.182. The van der Waals surface area contributed by atoms with Gasteiger partial charge in [-0.05, 0) is 87.0 Å². The molecule has 7 rings (SSSR count). The van der Waals surface area contributed by atoms with Crippen LogP contribution >= 0.6 is 0 Å². The minimum absolute atomic E-state index is 0.00689. The zero-order valence-electron chi connectivity index (χ0n) is 34.2. The first-order valence-corrected chi connectivity index (χ1v) is 19.6. The van der Waals surface area contributed by atoms with E-state index in [0.29, 0.717) is 18.6 Å². The van der Waals surface area contributed by atoms with Gasteiger partial charge in [0.1, 0.15) is 23.2 Å². The van der Waals surface area contributed by atoms with Crippen molar-refractivity contribution < 1.29 is 57.2 Å². The van der Waals surface area contributed by atoms with Crippen LogP contribution in [-0.2, 0) is 52.4 Å². The van der Waals surface area contributed by atoms with Crippen molar-refractivity contribution in [3.8, 4) is 0 Å². The summed E-state index contributed by atoms with van der Waals surface area (Å²) in [6.45, 7) is 17.5. The Hall–Kier alpha value is -4.48. The van der Waals surface area contributed by atoms with Crippen LogP contribution in [0.25, 0.3) is 0 Å². The molecule has 0 amide bonds. The number of carbonyl (C=O) groups excluding carboxylic acids is 6. The van der Waals surface area contributed by atoms with Gasteiger partial charge in [-0.25, -0.2) is 4.79 Å². The third-order valence-corrected chi connectivity index (χ3v) is 15.5. The molecule has 3 unspecified atom stereocenters. The van der Waals surface area contributed by atoms with Gasteiger partial charge in [0, 0.05) is 44.9 Å². The second-order valence-corrected chi connectivity index (χ2v) is 18.3. The molecular weight excluding hydrogens is 720 g/mol. The van der Waals surface area contributed by atoms with E-state index in [4.69, 9.17) is 28.4 Å². The maximum Gasteiger partial charge on any atom is 0.338 e. The number of carbonyl (C=O) groups is 6. The largest absolute Gasteiger partial charge is 0.493 e. The summed E-state index contributed by atoms with van der Waals surface area (Å²) in [6, 6.07) is 8.47. The lowest BCUT2D eigenvalue weighted by atomic mass is 9.36. The molecule has 302 valence electrons. The maximum atomic E-state index is 14.8. The highest BCUT2D eigenvalue weighted by atomic mass is 16.6. The molecule has 12 heteroatoms. The number of rotatable bonds is 6. The molecule has 2 spiro atoms. The molecule has 3 saturated carbocycles. The summed E-state index contributed by atoms with van der Waals surface area (Å²) in [7, 11) is 1.50. The molecule has 1 aromatic carbocycles. The molecule has 1 aliphatic heterocycles. The van der Waals surface area contributed by atoms with E-state index in [9.17, 15) is 28.8 Å². The minimum atomic E-state index is -1.59. The Labute approximate surface area is 328 Å². The van der Waals surface area contributed by atoms with E-state index in [1.807, 2.05) is 19.9 Å². The summed E-state index contributed by atoms with van der Waals surface area (Å²) in [5, 5.41) is 0. The lowest BCUT2D eigenvalue weighted by molar-refractivity contribution is -0.291. The summed E-state index contributed by atoms with van der Waals surface area (Å²) >= 11 is 0. The Morgan fingerprint density at radius 3 is 2.00 bits per heavy atom. The van der Waals surface area contributed by atoms with Crippen molar-refractivity contribution >= 4 is 35.6 Å². The summed E-state index contributed by atoms with van der Waals surface area (Å²) in [5.41, 5.74) is -5.25. The van der Waals surface area contributed by atoms with Crippen molar-refractivity contribution in [2.75, 3.05) is 7.11 Å². The van der Waals surface area contributed by atoms with Gasteiger partial charge in [0.25, 0.3) is 0 Å². The monoisotopic (exact) mass is 774 g/mol. The Morgan fingerprint density at radius 1 is 0.804 bits per heavy atom. The zero-order valence-corrected chi connectivity index (χ0v) is 34.2. The highest BCUT2D eigenvalue weighted by molar-refractivity contribution is 5.96. The van der Waals surface area contributed by atoms with Crippen LogP contribution in [0, 0.1) is 44.8 Å². The molecular formula is C44H54O12. The maximum absolute atomic E-state index is 14.8. The van der Waals surface area contributed by atoms with Crippen LogP contribution in [0.15, 0.2) is 53.3 Å². The molecule has 1 saturated heterocycles. The second kappa shape index (κ2) is 12.8. The molecule has 0 aromatic heterocycles. The Bertz CT molecular complexity index is 1980. The zero-order chi connectivity index (χ0) is 41.1. The van der Waals surface area contributed by atoms with Crippen molar-refractivity contribution in [2.45, 2.75) is 125 Å². The Balaban J connectivity index is 1.55. The predicted octanol–water partition coefficient (Wildman–Crippen LogP) is 6.25. The Morgan fingerprint density at radius 2 is 1.41 bits per heavy atom. The highest BCUT2D eigenvalue weighted by Gasteiger charge is 2.89. The molecule has 4 fully saturated rings. The average molecular weight is 775 g/mol. The van der Waals surface area contributed by atoms with Gasteiger partial charge in [-0.1, -0.05) is 44.5 Å². The SMILES string of the molecule is COC1=C(C)[C@@]2(C)C[C@@H](OC(C)=O)[C@@H]3C4(C(C)=C[C@H](OC(=O)c5ccccc5)[C@@]5(C)[C@@H](OC(C)=O)[C@@H](OC(C)=O)[C@]6(C)C[C@]45OC6=O)C(C)C[C@@]3(C)C2CC1=O. The van der Waals surface area contributed by atoms with Gasteiger partial charge in [-0.15, -0.1) is 0 Å². The second-order valence-electron chi connectivity index (χ2n) is 18.3. The van der Waals surface area contributed by atoms with E-state index in [1.54, 1.807) is 44.2 Å². The van der Waals surface area contributed by atoms with Crippen molar-refractivity contribution in [1.29, 1.82) is 0 Å². The molecule has 0 N–H and O–H groups in total. The predicted molar refractivity (Wildman–Crippen MR) is 199 cm³/mol. The third-order valence-electron chi connectivity index (χ3n) is 15.5. The van der Waals surface area contributed by atoms with E-state index in [1.165, 1.54) is 27.9 Å². The smallest absolute Gasteiger partial charge is 0.338 e. The third kappa shape index (κ3) is 4.88. The minimum Gasteiger partial charge on any atom is -0.493 e. The Kier molecular flexibility index (Phi) is 9.06. The van der Waals surface area contributed by atoms with Crippen molar-refractivity contribution in [2.24, 2.45) is 44.8 Å². The summed E-state index contributed by atoms with van der Waals surface area (Å²) in [6.07, 6.45) is -1.56. The van der Waals surface area contributed by atoms with Crippen LogP contribution in [0.1, 0.15) is 105 Å². The number of fused-ring (bicyclic) bond motifs is 5. The van der Waals surface area contributed by atoms with E-state index in [2.05, 4.69) is 20.8 Å². The molecule has 56 heavy (non-hydrogen) atoms. The average Bonchev–Trinajstić information content (AvgIpc) is 3.52. The lowest BCUT2D eigenvalue weighted by Gasteiger charge is -2.69. The number of methoxy groups -OCH3 is 1. The first kappa shape index (κ1) is 39.7. The van der Waals surface area contributed by atoms with Crippen molar-refractivity contribution in [3.05, 3.63) is 58.9 Å². The standard InChI is InChI=1S/C44H54O12/c1-22-17-32(55-37(49)28-15-13-12-14-16-28)42(10)36(54-27(6)47)35(53-26(5)46)41(9)21-43(42,56-38(41)50)44(22)23(2)19-40(8)31-18-29(48)33(51-11)24(3)39(31,7)20-30(34(40)44)52-25(4)45/h12-17,23,30-32,34-36H,18-21H2,1-11H3/t23?,30-,31?,32+,34+,35-,36+,39-,40+,41+,42+,43-,44?/m1/s1. The van der Waals surface area contributed by atoms with Gasteiger partial charge in [-0.3, -0.25) is 24.0 Å². The molecule has 12 nitrogen and oxygen atoms in total. The normalized spacial score (nSPS) is 43.4. The van der Waals surface area contributed by atoms with Gasteiger partial charge >= 0.3 is 29.8 Å². The lowest BCUT2D eigenvalue weighted by Crippen LogP contribution is -2.78. The number of benzene rings is 1. The molecule has 6 aliphatic rings. The van der Waals surface area contributed by atoms with Gasteiger partial charge < -0.3 is 28.4 Å². The van der Waals surface area contributed by atoms with Crippen LogP contribution in [0.5, 0.6) is 0 Å². The molecule has 1 heterocycles. The number of ether oxygens (including phenoxy) is 6. The number of allylic oxidation sites excluding steroid dienone is 2. The number of ketones is 1. The van der Waals surface area contributed by atoms with Crippen LogP contribution in [0.2, 0.25) is 0 Å².